The van der Waals surface area contributed by atoms with Crippen LogP contribution in [-0.4, -0.2) is 73.6 Å². The summed E-state index contributed by atoms with van der Waals surface area (Å²) in [6.07, 6.45) is 1.50. The smallest absolute Gasteiger partial charge is 0.262 e. The number of hydrogen-bond donors (Lipinski definition) is 0. The van der Waals surface area contributed by atoms with Crippen LogP contribution >= 0.6 is 0 Å². The van der Waals surface area contributed by atoms with Crippen LogP contribution in [0.2, 0.25) is 0 Å². The Morgan fingerprint density at radius 3 is 2.30 bits per heavy atom. The maximum Gasteiger partial charge on any atom is 0.262 e. The van der Waals surface area contributed by atoms with E-state index < -0.39 is 6.04 Å². The molecule has 2 aliphatic heterocycles. The number of fused-ring (bicyclic) bond motifs is 1. The summed E-state index contributed by atoms with van der Waals surface area (Å²) in [4.78, 5) is 50.4. The lowest BCUT2D eigenvalue weighted by molar-refractivity contribution is 0.0302. The largest absolute Gasteiger partial charge is 0.378 e. The highest BCUT2D eigenvalue weighted by Crippen LogP contribution is 2.31. The molecule has 1 saturated heterocycles. The maximum atomic E-state index is 12.9. The summed E-state index contributed by atoms with van der Waals surface area (Å²) in [6.45, 7) is 5.60. The number of morpholine rings is 1. The molecule has 2 aliphatic rings. The molecule has 0 aliphatic carbocycles. The van der Waals surface area contributed by atoms with E-state index in [1.807, 2.05) is 0 Å². The molecule has 5 rings (SSSR count). The van der Waals surface area contributed by atoms with Crippen molar-refractivity contribution in [2.75, 3.05) is 26.3 Å². The summed E-state index contributed by atoms with van der Waals surface area (Å²) in [5, 5.41) is 4.42. The fourth-order valence-corrected chi connectivity index (χ4v) is 4.13. The Hall–Kier alpha value is -3.92. The van der Waals surface area contributed by atoms with Crippen LogP contribution in [0, 0.1) is 6.92 Å². The lowest BCUT2D eigenvalue weighted by Gasteiger charge is -2.26. The standard InChI is InChI=1S/C23H22N6O4/c1-14(28-22(31)17-5-3-4-6-18(17)23(28)32)20-25-15(2)26-29(20)19-8-7-16(13-24-19)21(30)27-9-11-33-12-10-27/h3-8,13-14H,9-12H2,1-2H3. The Labute approximate surface area is 189 Å². The van der Waals surface area contributed by atoms with Gasteiger partial charge in [-0.3, -0.25) is 19.3 Å². The monoisotopic (exact) mass is 446 g/mol. The summed E-state index contributed by atoms with van der Waals surface area (Å²) in [5.74, 6) is 0.481. The summed E-state index contributed by atoms with van der Waals surface area (Å²) in [5.41, 5.74) is 1.22. The molecule has 168 valence electrons. The Kier molecular flexibility index (Phi) is 5.21. The first kappa shape index (κ1) is 21.0. The highest BCUT2D eigenvalue weighted by atomic mass is 16.5. The molecule has 0 radical (unpaired) electrons. The molecular weight excluding hydrogens is 424 g/mol. The van der Waals surface area contributed by atoms with E-state index in [-0.39, 0.29) is 17.7 Å². The van der Waals surface area contributed by atoms with E-state index >= 15 is 0 Å². The molecule has 1 atom stereocenters. The van der Waals surface area contributed by atoms with Crippen LogP contribution in [0.25, 0.3) is 5.82 Å². The number of carbonyl (C=O) groups is 3. The summed E-state index contributed by atoms with van der Waals surface area (Å²) < 4.78 is 6.80. The number of pyridine rings is 1. The number of rotatable bonds is 4. The average Bonchev–Trinajstić information content (AvgIpc) is 3.36. The van der Waals surface area contributed by atoms with Gasteiger partial charge in [0.05, 0.1) is 35.9 Å². The minimum absolute atomic E-state index is 0.105. The van der Waals surface area contributed by atoms with Gasteiger partial charge in [-0.2, -0.15) is 4.68 Å². The molecule has 0 spiro atoms. The van der Waals surface area contributed by atoms with Crippen LogP contribution in [0.3, 0.4) is 0 Å². The molecule has 10 nitrogen and oxygen atoms in total. The van der Waals surface area contributed by atoms with Gasteiger partial charge in [0, 0.05) is 19.3 Å². The summed E-state index contributed by atoms with van der Waals surface area (Å²) in [7, 11) is 0. The summed E-state index contributed by atoms with van der Waals surface area (Å²) in [6, 6.07) is 9.44. The van der Waals surface area contributed by atoms with Crippen molar-refractivity contribution in [2.24, 2.45) is 0 Å². The molecule has 0 bridgehead atoms. The van der Waals surface area contributed by atoms with Gasteiger partial charge in [-0.05, 0) is 38.1 Å². The minimum atomic E-state index is -0.671. The Morgan fingerprint density at radius 1 is 1.03 bits per heavy atom. The lowest BCUT2D eigenvalue weighted by atomic mass is 10.1. The van der Waals surface area contributed by atoms with Gasteiger partial charge in [-0.25, -0.2) is 9.97 Å². The topological polar surface area (TPSA) is 111 Å². The van der Waals surface area contributed by atoms with Gasteiger partial charge in [0.1, 0.15) is 5.82 Å². The van der Waals surface area contributed by atoms with Gasteiger partial charge in [0.15, 0.2) is 11.6 Å². The first-order chi connectivity index (χ1) is 16.0. The number of ether oxygens (including phenoxy) is 1. The summed E-state index contributed by atoms with van der Waals surface area (Å²) >= 11 is 0. The van der Waals surface area contributed by atoms with E-state index in [0.717, 1.165) is 0 Å². The molecule has 1 unspecified atom stereocenters. The molecule has 3 amide bonds. The van der Waals surface area contributed by atoms with Crippen molar-refractivity contribution in [1.29, 1.82) is 0 Å². The normalized spacial score (nSPS) is 16.8. The van der Waals surface area contributed by atoms with Crippen molar-refractivity contribution in [3.8, 4) is 5.82 Å². The predicted octanol–water partition coefficient (Wildman–Crippen LogP) is 1.80. The molecular formula is C23H22N6O4. The predicted molar refractivity (Wildman–Crippen MR) is 116 cm³/mol. The second-order valence-corrected chi connectivity index (χ2v) is 7.94. The van der Waals surface area contributed by atoms with Crippen LogP contribution in [0.4, 0.5) is 0 Å². The van der Waals surface area contributed by atoms with Crippen LogP contribution in [0.15, 0.2) is 42.6 Å². The van der Waals surface area contributed by atoms with Crippen LogP contribution in [0.1, 0.15) is 55.7 Å². The SMILES string of the molecule is Cc1nc(C(C)N2C(=O)c3ccccc3C2=O)n(-c2ccc(C(=O)N3CCOCC3)cn2)n1. The van der Waals surface area contributed by atoms with E-state index in [4.69, 9.17) is 4.74 Å². The van der Waals surface area contributed by atoms with Crippen molar-refractivity contribution in [3.05, 3.63) is 70.9 Å². The average molecular weight is 446 g/mol. The molecule has 0 saturated carbocycles. The second-order valence-electron chi connectivity index (χ2n) is 7.94. The van der Waals surface area contributed by atoms with Crippen molar-refractivity contribution in [1.82, 2.24) is 29.5 Å². The van der Waals surface area contributed by atoms with Crippen molar-refractivity contribution < 1.29 is 19.1 Å². The Bertz CT molecular complexity index is 1210. The highest BCUT2D eigenvalue weighted by molar-refractivity contribution is 6.21. The number of aromatic nitrogens is 4. The minimum Gasteiger partial charge on any atom is -0.378 e. The molecule has 2 aromatic heterocycles. The van der Waals surface area contributed by atoms with E-state index in [2.05, 4.69) is 15.1 Å². The molecule has 33 heavy (non-hydrogen) atoms. The highest BCUT2D eigenvalue weighted by Gasteiger charge is 2.40. The molecule has 3 aromatic rings. The molecule has 1 fully saturated rings. The number of carbonyl (C=O) groups excluding carboxylic acids is 3. The fourth-order valence-electron chi connectivity index (χ4n) is 4.13. The van der Waals surface area contributed by atoms with Gasteiger partial charge in [0.2, 0.25) is 0 Å². The first-order valence-electron chi connectivity index (χ1n) is 10.7. The van der Waals surface area contributed by atoms with E-state index in [9.17, 15) is 14.4 Å². The zero-order valence-electron chi connectivity index (χ0n) is 18.3. The zero-order valence-corrected chi connectivity index (χ0v) is 18.3. The van der Waals surface area contributed by atoms with Crippen LogP contribution in [0.5, 0.6) is 0 Å². The first-order valence-corrected chi connectivity index (χ1v) is 10.7. The van der Waals surface area contributed by atoms with Crippen LogP contribution in [-0.2, 0) is 4.74 Å². The third-order valence-corrected chi connectivity index (χ3v) is 5.83. The number of aryl methyl sites for hydroxylation is 1. The van der Waals surface area contributed by atoms with E-state index in [0.29, 0.717) is 60.5 Å². The molecule has 0 N–H and O–H groups in total. The number of hydrogen-bond acceptors (Lipinski definition) is 7. The van der Waals surface area contributed by atoms with Gasteiger partial charge < -0.3 is 9.64 Å². The Morgan fingerprint density at radius 2 is 1.70 bits per heavy atom. The quantitative estimate of drug-likeness (QED) is 0.562. The van der Waals surface area contributed by atoms with Gasteiger partial charge in [0.25, 0.3) is 17.7 Å². The number of amides is 3. The lowest BCUT2D eigenvalue weighted by Crippen LogP contribution is -2.40. The molecule has 1 aromatic carbocycles. The molecule has 4 heterocycles. The van der Waals surface area contributed by atoms with E-state index in [1.54, 1.807) is 55.1 Å². The van der Waals surface area contributed by atoms with Gasteiger partial charge in [-0.1, -0.05) is 12.1 Å². The maximum absolute atomic E-state index is 12.9. The van der Waals surface area contributed by atoms with Gasteiger partial charge in [-0.15, -0.1) is 5.10 Å². The van der Waals surface area contributed by atoms with Gasteiger partial charge >= 0.3 is 0 Å². The second kappa shape index (κ2) is 8.21. The zero-order chi connectivity index (χ0) is 23.1. The number of nitrogens with zero attached hydrogens (tertiary/aromatic N) is 6. The van der Waals surface area contributed by atoms with Crippen molar-refractivity contribution >= 4 is 17.7 Å². The number of benzene rings is 1. The number of imide groups is 1. The fraction of sp³-hybridized carbons (Fsp3) is 0.304. The Balaban J connectivity index is 1.43. The molecule has 10 heteroatoms. The third kappa shape index (κ3) is 3.58. The van der Waals surface area contributed by atoms with E-state index in [1.165, 1.54) is 15.8 Å². The third-order valence-electron chi connectivity index (χ3n) is 5.83. The van der Waals surface area contributed by atoms with Crippen molar-refractivity contribution in [3.63, 3.8) is 0 Å². The van der Waals surface area contributed by atoms with Crippen LogP contribution < -0.4 is 0 Å². The van der Waals surface area contributed by atoms with Crippen molar-refractivity contribution in [2.45, 2.75) is 19.9 Å².